The van der Waals surface area contributed by atoms with Crippen LogP contribution < -0.4 is 14.8 Å². The van der Waals surface area contributed by atoms with Crippen molar-refractivity contribution >= 4 is 21.8 Å². The first-order chi connectivity index (χ1) is 13.9. The molecule has 2 aromatic carbocycles. The number of rotatable bonds is 8. The zero-order valence-corrected chi connectivity index (χ0v) is 16.6. The standard InChI is InChI=1S/C19H19N3O6S/c1-26-14-8-9-15(16(10-14)27-2)18-21-22-19(28-18)20-17(23)12-29(24,25)11-13-6-4-3-5-7-13/h3-10H,11-12H2,1-2H3,(H,20,22,23). The smallest absolute Gasteiger partial charge is 0.322 e. The number of nitrogens with zero attached hydrogens (tertiary/aromatic N) is 2. The molecule has 3 aromatic rings. The quantitative estimate of drug-likeness (QED) is 0.593. The summed E-state index contributed by atoms with van der Waals surface area (Å²) in [5.41, 5.74) is 1.10. The Morgan fingerprint density at radius 2 is 1.83 bits per heavy atom. The summed E-state index contributed by atoms with van der Waals surface area (Å²) in [7, 11) is -0.644. The zero-order valence-electron chi connectivity index (χ0n) is 15.8. The molecule has 1 heterocycles. The molecule has 152 valence electrons. The molecule has 0 spiro atoms. The maximum Gasteiger partial charge on any atom is 0.322 e. The highest BCUT2D eigenvalue weighted by Gasteiger charge is 2.20. The van der Waals surface area contributed by atoms with Crippen LogP contribution >= 0.6 is 0 Å². The summed E-state index contributed by atoms with van der Waals surface area (Å²) in [5.74, 6) is -0.575. The molecule has 3 rings (SSSR count). The highest BCUT2D eigenvalue weighted by atomic mass is 32.2. The first-order valence-corrected chi connectivity index (χ1v) is 10.3. The summed E-state index contributed by atoms with van der Waals surface area (Å²) < 4.78 is 40.3. The van der Waals surface area contributed by atoms with Crippen LogP contribution in [0.2, 0.25) is 0 Å². The second-order valence-electron chi connectivity index (χ2n) is 6.04. The van der Waals surface area contributed by atoms with Crippen LogP contribution in [0.1, 0.15) is 5.56 Å². The summed E-state index contributed by atoms with van der Waals surface area (Å²) in [4.78, 5) is 12.1. The van der Waals surface area contributed by atoms with Crippen LogP contribution in [0.25, 0.3) is 11.5 Å². The number of benzene rings is 2. The van der Waals surface area contributed by atoms with E-state index in [1.165, 1.54) is 14.2 Å². The summed E-state index contributed by atoms with van der Waals surface area (Å²) in [6.07, 6.45) is 0. The largest absolute Gasteiger partial charge is 0.497 e. The Morgan fingerprint density at radius 3 is 2.52 bits per heavy atom. The van der Waals surface area contributed by atoms with Crippen molar-refractivity contribution in [3.05, 3.63) is 54.1 Å². The molecule has 0 unspecified atom stereocenters. The normalized spacial score (nSPS) is 11.1. The van der Waals surface area contributed by atoms with E-state index in [-0.39, 0.29) is 17.7 Å². The number of amides is 1. The fraction of sp³-hybridized carbons (Fsp3) is 0.211. The van der Waals surface area contributed by atoms with E-state index in [0.717, 1.165) is 0 Å². The van der Waals surface area contributed by atoms with Gasteiger partial charge in [-0.05, 0) is 17.7 Å². The zero-order chi connectivity index (χ0) is 20.9. The SMILES string of the molecule is COc1ccc(-c2nnc(NC(=O)CS(=O)(=O)Cc3ccccc3)o2)c(OC)c1. The molecule has 0 atom stereocenters. The van der Waals surface area contributed by atoms with E-state index in [9.17, 15) is 13.2 Å². The van der Waals surface area contributed by atoms with Crippen molar-refractivity contribution in [1.29, 1.82) is 0 Å². The number of hydrogen-bond donors (Lipinski definition) is 1. The van der Waals surface area contributed by atoms with Crippen molar-refractivity contribution in [2.45, 2.75) is 5.75 Å². The van der Waals surface area contributed by atoms with Gasteiger partial charge in [-0.1, -0.05) is 35.4 Å². The van der Waals surface area contributed by atoms with Crippen molar-refractivity contribution < 1.29 is 27.1 Å². The number of methoxy groups -OCH3 is 2. The van der Waals surface area contributed by atoms with Crippen LogP contribution in [0.15, 0.2) is 52.9 Å². The molecule has 0 aliphatic heterocycles. The van der Waals surface area contributed by atoms with E-state index in [0.29, 0.717) is 22.6 Å². The van der Waals surface area contributed by atoms with Gasteiger partial charge in [-0.2, -0.15) is 0 Å². The fourth-order valence-electron chi connectivity index (χ4n) is 2.59. The van der Waals surface area contributed by atoms with E-state index in [4.69, 9.17) is 13.9 Å². The molecule has 0 radical (unpaired) electrons. The predicted octanol–water partition coefficient (Wildman–Crippen LogP) is 2.31. The van der Waals surface area contributed by atoms with Gasteiger partial charge in [0.2, 0.25) is 5.91 Å². The third kappa shape index (κ3) is 5.32. The van der Waals surface area contributed by atoms with E-state index >= 15 is 0 Å². The van der Waals surface area contributed by atoms with Gasteiger partial charge < -0.3 is 13.9 Å². The number of carbonyl (C=O) groups excluding carboxylic acids is 1. The van der Waals surface area contributed by atoms with Crippen molar-refractivity contribution in [2.75, 3.05) is 25.3 Å². The number of aromatic nitrogens is 2. The van der Waals surface area contributed by atoms with Gasteiger partial charge in [0.15, 0.2) is 9.84 Å². The molecule has 0 aliphatic carbocycles. The minimum Gasteiger partial charge on any atom is -0.497 e. The van der Waals surface area contributed by atoms with Gasteiger partial charge in [0.05, 0.1) is 25.5 Å². The van der Waals surface area contributed by atoms with Crippen LogP contribution in [0.3, 0.4) is 0 Å². The van der Waals surface area contributed by atoms with Crippen LogP contribution in [0.4, 0.5) is 6.01 Å². The van der Waals surface area contributed by atoms with Crippen molar-refractivity contribution in [1.82, 2.24) is 10.2 Å². The molecule has 0 saturated carbocycles. The Bertz CT molecular complexity index is 1100. The third-order valence-corrected chi connectivity index (χ3v) is 5.37. The second-order valence-corrected chi connectivity index (χ2v) is 8.11. The number of ether oxygens (including phenoxy) is 2. The molecular formula is C19H19N3O6S. The van der Waals surface area contributed by atoms with Gasteiger partial charge in [0, 0.05) is 6.07 Å². The van der Waals surface area contributed by atoms with Gasteiger partial charge >= 0.3 is 6.01 Å². The monoisotopic (exact) mass is 417 g/mol. The van der Waals surface area contributed by atoms with Gasteiger partial charge in [0.25, 0.3) is 5.89 Å². The van der Waals surface area contributed by atoms with Gasteiger partial charge in [-0.3, -0.25) is 10.1 Å². The van der Waals surface area contributed by atoms with Gasteiger partial charge in [-0.25, -0.2) is 8.42 Å². The summed E-state index contributed by atoms with van der Waals surface area (Å²) in [6.45, 7) is 0. The predicted molar refractivity (Wildman–Crippen MR) is 105 cm³/mol. The molecule has 29 heavy (non-hydrogen) atoms. The third-order valence-electron chi connectivity index (χ3n) is 3.89. The lowest BCUT2D eigenvalue weighted by Gasteiger charge is -2.07. The van der Waals surface area contributed by atoms with Crippen molar-refractivity contribution in [3.8, 4) is 23.0 Å². The number of anilines is 1. The number of sulfone groups is 1. The summed E-state index contributed by atoms with van der Waals surface area (Å²) in [6, 6.07) is 13.4. The number of nitrogens with one attached hydrogen (secondary N) is 1. The molecule has 0 bridgehead atoms. The Hall–Kier alpha value is -3.40. The highest BCUT2D eigenvalue weighted by molar-refractivity contribution is 7.91. The molecule has 10 heteroatoms. The van der Waals surface area contributed by atoms with Crippen molar-refractivity contribution in [3.63, 3.8) is 0 Å². The molecule has 1 N–H and O–H groups in total. The Labute approximate surface area is 167 Å². The van der Waals surface area contributed by atoms with Crippen LogP contribution in [0.5, 0.6) is 11.5 Å². The topological polar surface area (TPSA) is 121 Å². The maximum absolute atomic E-state index is 12.2. The number of carbonyl (C=O) groups is 1. The maximum atomic E-state index is 12.2. The highest BCUT2D eigenvalue weighted by Crippen LogP contribution is 2.33. The minimum absolute atomic E-state index is 0.104. The average molecular weight is 417 g/mol. The first kappa shape index (κ1) is 20.3. The molecule has 1 aromatic heterocycles. The molecular weight excluding hydrogens is 398 g/mol. The van der Waals surface area contributed by atoms with E-state index in [1.807, 2.05) is 0 Å². The van der Waals surface area contributed by atoms with Crippen LogP contribution in [-0.4, -0.2) is 44.5 Å². The molecule has 9 nitrogen and oxygen atoms in total. The van der Waals surface area contributed by atoms with E-state index < -0.39 is 21.5 Å². The lowest BCUT2D eigenvalue weighted by Crippen LogP contribution is -2.24. The van der Waals surface area contributed by atoms with Crippen LogP contribution in [0, 0.1) is 0 Å². The molecule has 0 saturated heterocycles. The molecule has 1 amide bonds. The summed E-state index contributed by atoms with van der Waals surface area (Å²) >= 11 is 0. The van der Waals surface area contributed by atoms with Crippen molar-refractivity contribution in [2.24, 2.45) is 0 Å². The van der Waals surface area contributed by atoms with Gasteiger partial charge in [-0.15, -0.1) is 5.10 Å². The minimum atomic E-state index is -3.65. The first-order valence-electron chi connectivity index (χ1n) is 8.50. The Balaban J connectivity index is 1.68. The Kier molecular flexibility index (Phi) is 6.13. The number of hydrogen-bond acceptors (Lipinski definition) is 8. The lowest BCUT2D eigenvalue weighted by molar-refractivity contribution is -0.114. The molecule has 0 fully saturated rings. The lowest BCUT2D eigenvalue weighted by atomic mass is 10.2. The Morgan fingerprint density at radius 1 is 1.07 bits per heavy atom. The fourth-order valence-corrected chi connectivity index (χ4v) is 3.87. The summed E-state index contributed by atoms with van der Waals surface area (Å²) in [5, 5.41) is 9.91. The van der Waals surface area contributed by atoms with Gasteiger partial charge in [0.1, 0.15) is 17.3 Å². The average Bonchev–Trinajstić information content (AvgIpc) is 3.15. The van der Waals surface area contributed by atoms with Crippen LogP contribution in [-0.2, 0) is 20.4 Å². The second kappa shape index (κ2) is 8.74. The van der Waals surface area contributed by atoms with E-state index in [1.54, 1.807) is 48.5 Å². The van der Waals surface area contributed by atoms with E-state index in [2.05, 4.69) is 15.5 Å². The molecule has 0 aliphatic rings.